The summed E-state index contributed by atoms with van der Waals surface area (Å²) in [7, 11) is 0. The second-order valence-electron chi connectivity index (χ2n) is 13.7. The molecule has 1 aliphatic rings. The Balaban J connectivity index is 2.39. The predicted molar refractivity (Wildman–Crippen MR) is 196 cm³/mol. The summed E-state index contributed by atoms with van der Waals surface area (Å²) < 4.78 is 22.0. The molecular formula is C40H72O10. The molecular weight excluding hydrogens is 640 g/mol. The third-order valence-electron chi connectivity index (χ3n) is 9.09. The largest absolute Gasteiger partial charge is 0.462 e. The average Bonchev–Trinajstić information content (AvgIpc) is 3.11. The van der Waals surface area contributed by atoms with Gasteiger partial charge in [-0.15, -0.1) is 0 Å². The summed E-state index contributed by atoms with van der Waals surface area (Å²) in [5, 5.41) is 39.9. The number of aliphatic hydroxyl groups excluding tert-OH is 4. The molecule has 10 heteroatoms. The summed E-state index contributed by atoms with van der Waals surface area (Å²) in [6.07, 6.45) is 24.7. The monoisotopic (exact) mass is 713 g/mol. The lowest BCUT2D eigenvalue weighted by atomic mass is 9.99. The van der Waals surface area contributed by atoms with Crippen LogP contribution in [0.1, 0.15) is 162 Å². The molecule has 0 amide bonds. The second kappa shape index (κ2) is 31.9. The average molecular weight is 713 g/mol. The van der Waals surface area contributed by atoms with Crippen LogP contribution >= 0.6 is 0 Å². The van der Waals surface area contributed by atoms with Gasteiger partial charge in [0.1, 0.15) is 31.0 Å². The van der Waals surface area contributed by atoms with E-state index in [-0.39, 0.29) is 32.0 Å². The number of ether oxygens (including phenoxy) is 4. The Morgan fingerprint density at radius 2 is 1.14 bits per heavy atom. The summed E-state index contributed by atoms with van der Waals surface area (Å²) >= 11 is 0. The van der Waals surface area contributed by atoms with Crippen LogP contribution in [0.25, 0.3) is 0 Å². The number of hydrogen-bond acceptors (Lipinski definition) is 10. The first-order valence-corrected chi connectivity index (χ1v) is 19.9. The molecule has 0 radical (unpaired) electrons. The smallest absolute Gasteiger partial charge is 0.306 e. The second-order valence-corrected chi connectivity index (χ2v) is 13.7. The van der Waals surface area contributed by atoms with Crippen molar-refractivity contribution < 1.29 is 49.0 Å². The summed E-state index contributed by atoms with van der Waals surface area (Å²) in [5.41, 5.74) is 0. The minimum absolute atomic E-state index is 0.222. The highest BCUT2D eigenvalue weighted by Crippen LogP contribution is 2.22. The molecule has 1 saturated heterocycles. The van der Waals surface area contributed by atoms with Crippen molar-refractivity contribution in [3.8, 4) is 0 Å². The topological polar surface area (TPSA) is 152 Å². The van der Waals surface area contributed by atoms with Crippen molar-refractivity contribution in [2.45, 2.75) is 198 Å². The van der Waals surface area contributed by atoms with Crippen molar-refractivity contribution in [3.63, 3.8) is 0 Å². The maximum Gasteiger partial charge on any atom is 0.306 e. The van der Waals surface area contributed by atoms with Crippen LogP contribution in [0.3, 0.4) is 0 Å². The van der Waals surface area contributed by atoms with Gasteiger partial charge in [-0.25, -0.2) is 0 Å². The Morgan fingerprint density at radius 3 is 1.72 bits per heavy atom. The van der Waals surface area contributed by atoms with Gasteiger partial charge in [0.05, 0.1) is 13.2 Å². The van der Waals surface area contributed by atoms with Crippen LogP contribution in [0.15, 0.2) is 24.3 Å². The Labute approximate surface area is 303 Å². The Kier molecular flexibility index (Phi) is 29.5. The lowest BCUT2D eigenvalue weighted by Gasteiger charge is -2.39. The number of esters is 2. The fourth-order valence-corrected chi connectivity index (χ4v) is 5.85. The van der Waals surface area contributed by atoms with Crippen molar-refractivity contribution >= 4 is 11.9 Å². The first-order chi connectivity index (χ1) is 24.3. The van der Waals surface area contributed by atoms with E-state index in [0.29, 0.717) is 12.8 Å². The van der Waals surface area contributed by atoms with Crippen LogP contribution in [0, 0.1) is 0 Å². The fourth-order valence-electron chi connectivity index (χ4n) is 5.85. The van der Waals surface area contributed by atoms with Crippen molar-refractivity contribution in [1.82, 2.24) is 0 Å². The number of hydrogen-bond donors (Lipinski definition) is 4. The van der Waals surface area contributed by atoms with Gasteiger partial charge in [-0.2, -0.15) is 0 Å². The van der Waals surface area contributed by atoms with Crippen molar-refractivity contribution in [3.05, 3.63) is 24.3 Å². The van der Waals surface area contributed by atoms with E-state index in [4.69, 9.17) is 18.9 Å². The molecule has 0 aromatic heterocycles. The van der Waals surface area contributed by atoms with Crippen molar-refractivity contribution in [2.75, 3.05) is 19.8 Å². The minimum Gasteiger partial charge on any atom is -0.462 e. The van der Waals surface area contributed by atoms with Gasteiger partial charge in [0.25, 0.3) is 0 Å². The van der Waals surface area contributed by atoms with E-state index in [0.717, 1.165) is 64.2 Å². The molecule has 2 unspecified atom stereocenters. The molecule has 6 atom stereocenters. The van der Waals surface area contributed by atoms with Crippen LogP contribution in [-0.2, 0) is 28.5 Å². The number of aliphatic hydroxyl groups is 4. The van der Waals surface area contributed by atoms with Crippen LogP contribution in [0.5, 0.6) is 0 Å². The lowest BCUT2D eigenvalue weighted by molar-refractivity contribution is -0.305. The maximum atomic E-state index is 12.7. The van der Waals surface area contributed by atoms with E-state index in [1.165, 1.54) is 57.8 Å². The summed E-state index contributed by atoms with van der Waals surface area (Å²) in [6, 6.07) is 0. The fraction of sp³-hybridized carbons (Fsp3) is 0.850. The molecule has 1 aliphatic heterocycles. The minimum atomic E-state index is -1.59. The molecule has 1 rings (SSSR count). The van der Waals surface area contributed by atoms with E-state index in [1.807, 2.05) is 0 Å². The number of carbonyl (C=O) groups excluding carboxylic acids is 2. The molecule has 1 heterocycles. The van der Waals surface area contributed by atoms with Gasteiger partial charge in [0.15, 0.2) is 12.4 Å². The van der Waals surface area contributed by atoms with Crippen LogP contribution in [-0.4, -0.2) is 89.0 Å². The number of carbonyl (C=O) groups is 2. The summed E-state index contributed by atoms with van der Waals surface area (Å²) in [4.78, 5) is 25.2. The Bertz CT molecular complexity index is 876. The molecule has 0 bridgehead atoms. The quantitative estimate of drug-likeness (QED) is 0.0316. The molecule has 0 aromatic rings. The van der Waals surface area contributed by atoms with E-state index >= 15 is 0 Å². The molecule has 4 N–H and O–H groups in total. The first-order valence-electron chi connectivity index (χ1n) is 19.9. The van der Waals surface area contributed by atoms with Gasteiger partial charge in [-0.05, 0) is 38.5 Å². The molecule has 1 fully saturated rings. The summed E-state index contributed by atoms with van der Waals surface area (Å²) in [5.74, 6) is -0.822. The van der Waals surface area contributed by atoms with Gasteiger partial charge in [-0.1, -0.05) is 134 Å². The normalized spacial score (nSPS) is 21.6. The zero-order chi connectivity index (χ0) is 36.7. The van der Waals surface area contributed by atoms with E-state index in [1.54, 1.807) is 0 Å². The molecule has 10 nitrogen and oxygen atoms in total. The van der Waals surface area contributed by atoms with Gasteiger partial charge < -0.3 is 39.4 Å². The van der Waals surface area contributed by atoms with Crippen LogP contribution in [0.2, 0.25) is 0 Å². The van der Waals surface area contributed by atoms with E-state index in [9.17, 15) is 30.0 Å². The molecule has 0 saturated carbocycles. The number of allylic oxidation sites excluding steroid dienone is 4. The molecule has 0 aromatic carbocycles. The highest BCUT2D eigenvalue weighted by atomic mass is 16.7. The first kappa shape index (κ1) is 46.2. The Hall–Kier alpha value is -1.82. The van der Waals surface area contributed by atoms with Crippen molar-refractivity contribution in [1.29, 1.82) is 0 Å². The summed E-state index contributed by atoms with van der Waals surface area (Å²) in [6.45, 7) is 3.34. The molecule has 0 spiro atoms. The Morgan fingerprint density at radius 1 is 0.620 bits per heavy atom. The van der Waals surface area contributed by atoms with E-state index in [2.05, 4.69) is 38.2 Å². The van der Waals surface area contributed by atoms with Gasteiger partial charge in [-0.3, -0.25) is 9.59 Å². The third kappa shape index (κ3) is 23.6. The lowest BCUT2D eigenvalue weighted by Crippen LogP contribution is -2.59. The molecule has 0 aliphatic carbocycles. The van der Waals surface area contributed by atoms with Gasteiger partial charge in [0.2, 0.25) is 0 Å². The highest BCUT2D eigenvalue weighted by Gasteiger charge is 2.44. The maximum absolute atomic E-state index is 12.7. The predicted octanol–water partition coefficient (Wildman–Crippen LogP) is 7.38. The third-order valence-corrected chi connectivity index (χ3v) is 9.09. The van der Waals surface area contributed by atoms with E-state index < -0.39 is 49.4 Å². The van der Waals surface area contributed by atoms with Crippen LogP contribution < -0.4 is 0 Å². The zero-order valence-electron chi connectivity index (χ0n) is 31.4. The number of unbranched alkanes of at least 4 members (excludes halogenated alkanes) is 17. The SMILES string of the molecule is CCCC/C=C/C/C=C/CCCCCCCC(=O)OC[C@@H](CO[C@H]1O[C@@H](CO)[C@@H](O)C(O)C1O)OC(=O)CCCCCCCCCCCCC. The highest BCUT2D eigenvalue weighted by molar-refractivity contribution is 5.70. The van der Waals surface area contributed by atoms with Crippen LogP contribution in [0.4, 0.5) is 0 Å². The molecule has 292 valence electrons. The van der Waals surface area contributed by atoms with Crippen molar-refractivity contribution in [2.24, 2.45) is 0 Å². The van der Waals surface area contributed by atoms with Gasteiger partial charge in [0, 0.05) is 12.8 Å². The zero-order valence-corrected chi connectivity index (χ0v) is 31.4. The number of rotatable bonds is 32. The standard InChI is InChI=1S/C40H72O10/c1-3-5-7-9-11-13-15-16-17-19-20-22-24-26-28-35(42)47-31-33(32-48-40-39(46)38(45)37(44)34(30-41)50-40)49-36(43)29-27-25-23-21-18-14-12-10-8-6-4-2/h9,11,15-16,33-34,37-41,44-46H,3-8,10,12-14,17-32H2,1-2H3/b11-9+,16-15+/t33-,34-,37+,38?,39?,40-/m0/s1. The van der Waals surface area contributed by atoms with Gasteiger partial charge >= 0.3 is 11.9 Å². The molecule has 50 heavy (non-hydrogen) atoms.